The highest BCUT2D eigenvalue weighted by molar-refractivity contribution is 7.89. The minimum Gasteiger partial charge on any atom is -0.478 e. The predicted octanol–water partition coefficient (Wildman–Crippen LogP) is 5.45. The van der Waals surface area contributed by atoms with Crippen LogP contribution in [0.15, 0.2) is 95.4 Å². The third-order valence-electron chi connectivity index (χ3n) is 6.15. The molecule has 1 heterocycles. The van der Waals surface area contributed by atoms with Crippen molar-refractivity contribution in [3.05, 3.63) is 113 Å². The fraction of sp³-hybridized carbons (Fsp3) is 0.222. The van der Waals surface area contributed by atoms with Gasteiger partial charge in [-0.25, -0.2) is 13.2 Å². The van der Waals surface area contributed by atoms with Crippen LogP contribution in [-0.4, -0.2) is 23.8 Å². The highest BCUT2D eigenvalue weighted by Gasteiger charge is 2.44. The fourth-order valence-electron chi connectivity index (χ4n) is 4.33. The molecule has 3 aromatic carbocycles. The van der Waals surface area contributed by atoms with Crippen molar-refractivity contribution in [2.45, 2.75) is 43.7 Å². The van der Waals surface area contributed by atoms with Gasteiger partial charge in [0.1, 0.15) is 0 Å². The third kappa shape index (κ3) is 4.49. The van der Waals surface area contributed by atoms with Crippen LogP contribution in [0.5, 0.6) is 0 Å². The molecule has 0 aliphatic carbocycles. The van der Waals surface area contributed by atoms with Gasteiger partial charge in [0.2, 0.25) is 10.0 Å². The molecule has 1 aliphatic heterocycles. The van der Waals surface area contributed by atoms with E-state index < -0.39 is 28.1 Å². The normalized spacial score (nSPS) is 19.2. The van der Waals surface area contributed by atoms with E-state index in [1.807, 2.05) is 37.3 Å². The molecule has 0 saturated heterocycles. The van der Waals surface area contributed by atoms with E-state index in [1.54, 1.807) is 54.6 Å². The van der Waals surface area contributed by atoms with E-state index in [4.69, 9.17) is 0 Å². The van der Waals surface area contributed by atoms with Gasteiger partial charge in [-0.2, -0.15) is 4.31 Å². The van der Waals surface area contributed by atoms with Crippen LogP contribution >= 0.6 is 0 Å². The molecular weight excluding hydrogens is 434 g/mol. The maximum atomic E-state index is 14.1. The summed E-state index contributed by atoms with van der Waals surface area (Å²) in [5, 5.41) is 10.00. The Kier molecular flexibility index (Phi) is 6.49. The maximum Gasteiger partial charge on any atom is 0.333 e. The summed E-state index contributed by atoms with van der Waals surface area (Å²) in [6, 6.07) is 22.1. The second-order valence-electron chi connectivity index (χ2n) is 8.27. The van der Waals surface area contributed by atoms with Crippen LogP contribution in [0.25, 0.3) is 0 Å². The first kappa shape index (κ1) is 23.0. The minimum absolute atomic E-state index is 0.0679. The summed E-state index contributed by atoms with van der Waals surface area (Å²) in [6.45, 7) is 3.96. The molecule has 0 radical (unpaired) electrons. The Morgan fingerprint density at radius 2 is 1.58 bits per heavy atom. The zero-order valence-electron chi connectivity index (χ0n) is 18.7. The summed E-state index contributed by atoms with van der Waals surface area (Å²) < 4.78 is 29.5. The molecule has 0 aromatic heterocycles. The average molecular weight is 462 g/mol. The van der Waals surface area contributed by atoms with E-state index in [9.17, 15) is 18.3 Å². The summed E-state index contributed by atoms with van der Waals surface area (Å²) in [7, 11) is -4.03. The SMILES string of the molecule is CCc1ccc([C@@H]2CC=C(C(=O)O)[C@H](c3ccccc3)N2S(=O)(=O)c2ccc(C)cc2)cc1. The molecule has 2 atom stereocenters. The first-order valence-electron chi connectivity index (χ1n) is 11.0. The smallest absolute Gasteiger partial charge is 0.333 e. The number of hydrogen-bond acceptors (Lipinski definition) is 3. The largest absolute Gasteiger partial charge is 0.478 e. The van der Waals surface area contributed by atoms with E-state index in [0.717, 1.165) is 23.1 Å². The Morgan fingerprint density at radius 3 is 2.15 bits per heavy atom. The molecule has 0 bridgehead atoms. The van der Waals surface area contributed by atoms with Crippen molar-refractivity contribution in [1.29, 1.82) is 0 Å². The number of carboxylic acid groups (broad SMARTS) is 1. The van der Waals surface area contributed by atoms with Gasteiger partial charge in [-0.15, -0.1) is 0 Å². The number of aryl methyl sites for hydroxylation is 2. The van der Waals surface area contributed by atoms with Gasteiger partial charge >= 0.3 is 5.97 Å². The van der Waals surface area contributed by atoms with Crippen molar-refractivity contribution in [3.8, 4) is 0 Å². The summed E-state index contributed by atoms with van der Waals surface area (Å²) in [5.74, 6) is -1.12. The molecule has 6 heteroatoms. The van der Waals surface area contributed by atoms with Crippen molar-refractivity contribution < 1.29 is 18.3 Å². The Balaban J connectivity index is 1.94. The lowest BCUT2D eigenvalue weighted by molar-refractivity contribution is -0.133. The quantitative estimate of drug-likeness (QED) is 0.530. The molecule has 0 fully saturated rings. The number of carboxylic acids is 1. The molecule has 1 aliphatic rings. The molecule has 3 aromatic rings. The zero-order chi connectivity index (χ0) is 23.6. The van der Waals surface area contributed by atoms with Crippen molar-refractivity contribution in [1.82, 2.24) is 4.31 Å². The first-order valence-corrected chi connectivity index (χ1v) is 12.4. The van der Waals surface area contributed by atoms with Gasteiger partial charge in [0, 0.05) is 0 Å². The minimum atomic E-state index is -4.03. The summed E-state index contributed by atoms with van der Waals surface area (Å²) >= 11 is 0. The van der Waals surface area contributed by atoms with Crippen molar-refractivity contribution in [2.75, 3.05) is 0 Å². The highest BCUT2D eigenvalue weighted by atomic mass is 32.2. The fourth-order valence-corrected chi connectivity index (χ4v) is 6.11. The monoisotopic (exact) mass is 461 g/mol. The van der Waals surface area contributed by atoms with Crippen LogP contribution in [0.1, 0.15) is 47.7 Å². The van der Waals surface area contributed by atoms with Gasteiger partial charge in [0.25, 0.3) is 0 Å². The maximum absolute atomic E-state index is 14.1. The topological polar surface area (TPSA) is 74.7 Å². The number of nitrogens with zero attached hydrogens (tertiary/aromatic N) is 1. The summed E-state index contributed by atoms with van der Waals surface area (Å²) in [6.07, 6.45) is 2.83. The summed E-state index contributed by atoms with van der Waals surface area (Å²) in [4.78, 5) is 12.4. The number of benzene rings is 3. The molecule has 5 nitrogen and oxygen atoms in total. The van der Waals surface area contributed by atoms with Crippen LogP contribution in [0.3, 0.4) is 0 Å². The number of aliphatic carboxylic acids is 1. The van der Waals surface area contributed by atoms with Crippen molar-refractivity contribution >= 4 is 16.0 Å². The van der Waals surface area contributed by atoms with E-state index in [2.05, 4.69) is 6.92 Å². The van der Waals surface area contributed by atoms with Crippen molar-refractivity contribution in [3.63, 3.8) is 0 Å². The van der Waals surface area contributed by atoms with Crippen LogP contribution in [-0.2, 0) is 21.2 Å². The molecule has 0 saturated carbocycles. The Morgan fingerprint density at radius 1 is 0.939 bits per heavy atom. The van der Waals surface area contributed by atoms with E-state index in [-0.39, 0.29) is 16.9 Å². The lowest BCUT2D eigenvalue weighted by atomic mass is 9.89. The Hall–Kier alpha value is -3.22. The zero-order valence-corrected chi connectivity index (χ0v) is 19.5. The lowest BCUT2D eigenvalue weighted by Gasteiger charge is -2.40. The molecule has 0 amide bonds. The number of hydrogen-bond donors (Lipinski definition) is 1. The van der Waals surface area contributed by atoms with Crippen LogP contribution in [0, 0.1) is 6.92 Å². The molecule has 1 N–H and O–H groups in total. The number of rotatable bonds is 6. The van der Waals surface area contributed by atoms with Crippen molar-refractivity contribution in [2.24, 2.45) is 0 Å². The standard InChI is InChI=1S/C27H27NO4S/c1-3-20-11-13-21(14-12-20)25-18-17-24(27(29)30)26(22-7-5-4-6-8-22)28(25)33(31,32)23-15-9-19(2)10-16-23/h4-17,25-26H,3,18H2,1-2H3,(H,29,30)/t25-,26-/m0/s1. The van der Waals surface area contributed by atoms with Gasteiger partial charge < -0.3 is 5.11 Å². The third-order valence-corrected chi connectivity index (χ3v) is 8.04. The summed E-state index contributed by atoms with van der Waals surface area (Å²) in [5.41, 5.74) is 3.63. The Labute approximate surface area is 195 Å². The lowest BCUT2D eigenvalue weighted by Crippen LogP contribution is -2.42. The van der Waals surface area contributed by atoms with Gasteiger partial charge in [-0.3, -0.25) is 0 Å². The van der Waals surface area contributed by atoms with Gasteiger partial charge in [-0.1, -0.05) is 85.3 Å². The average Bonchev–Trinajstić information content (AvgIpc) is 2.84. The van der Waals surface area contributed by atoms with Crippen LogP contribution < -0.4 is 0 Å². The second kappa shape index (κ2) is 9.33. The molecule has 0 unspecified atom stereocenters. The molecule has 0 spiro atoms. The molecule has 4 rings (SSSR count). The second-order valence-corrected chi connectivity index (χ2v) is 10.1. The first-order chi connectivity index (χ1) is 15.8. The number of sulfonamides is 1. The van der Waals surface area contributed by atoms with Crippen LogP contribution in [0.4, 0.5) is 0 Å². The Bertz CT molecular complexity index is 1260. The predicted molar refractivity (Wildman–Crippen MR) is 128 cm³/mol. The van der Waals surface area contributed by atoms with E-state index in [1.165, 1.54) is 4.31 Å². The van der Waals surface area contributed by atoms with Crippen LogP contribution in [0.2, 0.25) is 0 Å². The van der Waals surface area contributed by atoms with Gasteiger partial charge in [0.15, 0.2) is 0 Å². The van der Waals surface area contributed by atoms with E-state index >= 15 is 0 Å². The molecule has 33 heavy (non-hydrogen) atoms. The highest BCUT2D eigenvalue weighted by Crippen LogP contribution is 2.45. The van der Waals surface area contributed by atoms with E-state index in [0.29, 0.717) is 5.56 Å². The molecule has 170 valence electrons. The van der Waals surface area contributed by atoms with Gasteiger partial charge in [-0.05, 0) is 48.6 Å². The van der Waals surface area contributed by atoms with Gasteiger partial charge in [0.05, 0.1) is 22.6 Å². The number of carbonyl (C=O) groups is 1. The molecular formula is C27H27NO4S.